The molecule has 0 aliphatic heterocycles. The van der Waals surface area contributed by atoms with Crippen LogP contribution < -0.4 is 10.1 Å². The molecule has 2 aromatic carbocycles. The summed E-state index contributed by atoms with van der Waals surface area (Å²) in [6.07, 6.45) is 0.522. The average molecular weight is 461 g/mol. The highest BCUT2D eigenvalue weighted by atomic mass is 79.9. The Morgan fingerprint density at radius 1 is 1.10 bits per heavy atom. The van der Waals surface area contributed by atoms with E-state index >= 15 is 0 Å². The summed E-state index contributed by atoms with van der Waals surface area (Å²) < 4.78 is 6.62. The van der Waals surface area contributed by atoms with Crippen LogP contribution >= 0.6 is 15.9 Å². The number of nitrogens with zero attached hydrogens (tertiary/aromatic N) is 1. The molecule has 0 saturated heterocycles. The fourth-order valence-corrected chi connectivity index (χ4v) is 3.29. The van der Waals surface area contributed by atoms with E-state index in [0.717, 1.165) is 15.6 Å². The van der Waals surface area contributed by atoms with Gasteiger partial charge in [0.15, 0.2) is 6.61 Å². The lowest BCUT2D eigenvalue weighted by molar-refractivity contribution is -0.143. The molecule has 0 spiro atoms. The van der Waals surface area contributed by atoms with Crippen molar-refractivity contribution >= 4 is 27.7 Å². The van der Waals surface area contributed by atoms with E-state index in [1.54, 1.807) is 17.0 Å². The zero-order valence-electron chi connectivity index (χ0n) is 17.4. The van der Waals surface area contributed by atoms with Crippen molar-refractivity contribution < 1.29 is 14.3 Å². The number of nitrogens with one attached hydrogen (secondary N) is 1. The molecular formula is C23H29BrN2O3. The van der Waals surface area contributed by atoms with Crippen LogP contribution in [0.25, 0.3) is 0 Å². The summed E-state index contributed by atoms with van der Waals surface area (Å²) in [4.78, 5) is 27.5. The Balaban J connectivity index is 2.21. The van der Waals surface area contributed by atoms with Gasteiger partial charge in [0.05, 0.1) is 0 Å². The average Bonchev–Trinajstić information content (AvgIpc) is 2.68. The molecule has 0 radical (unpaired) electrons. The monoisotopic (exact) mass is 460 g/mol. The topological polar surface area (TPSA) is 58.6 Å². The van der Waals surface area contributed by atoms with E-state index in [1.165, 1.54) is 0 Å². The molecule has 0 fully saturated rings. The van der Waals surface area contributed by atoms with Gasteiger partial charge in [-0.05, 0) is 62.6 Å². The van der Waals surface area contributed by atoms with E-state index in [1.807, 2.05) is 64.1 Å². The largest absolute Gasteiger partial charge is 0.484 e. The van der Waals surface area contributed by atoms with Crippen LogP contribution in [0.5, 0.6) is 5.75 Å². The molecule has 0 aromatic heterocycles. The third-order valence-corrected chi connectivity index (χ3v) is 5.12. The fourth-order valence-electron chi connectivity index (χ4n) is 3.03. The van der Waals surface area contributed by atoms with Crippen LogP contribution in [0.3, 0.4) is 0 Å². The first-order valence-electron chi connectivity index (χ1n) is 9.84. The highest BCUT2D eigenvalue weighted by molar-refractivity contribution is 9.10. The van der Waals surface area contributed by atoms with Gasteiger partial charge in [0.25, 0.3) is 5.91 Å². The lowest BCUT2D eigenvalue weighted by atomic mass is 10.1. The summed E-state index contributed by atoms with van der Waals surface area (Å²) in [6, 6.07) is 14.7. The smallest absolute Gasteiger partial charge is 0.261 e. The minimum atomic E-state index is -0.557. The maximum atomic E-state index is 13.1. The Morgan fingerprint density at radius 3 is 2.34 bits per heavy atom. The van der Waals surface area contributed by atoms with Gasteiger partial charge in [-0.2, -0.15) is 0 Å². The predicted octanol–water partition coefficient (Wildman–Crippen LogP) is 4.47. The van der Waals surface area contributed by atoms with Gasteiger partial charge < -0.3 is 15.0 Å². The molecule has 5 nitrogen and oxygen atoms in total. The second kappa shape index (κ2) is 11.0. The van der Waals surface area contributed by atoms with E-state index < -0.39 is 6.04 Å². The van der Waals surface area contributed by atoms with Crippen molar-refractivity contribution in [1.29, 1.82) is 0 Å². The van der Waals surface area contributed by atoms with Gasteiger partial charge in [-0.25, -0.2) is 0 Å². The Hall–Kier alpha value is -2.34. The Kier molecular flexibility index (Phi) is 8.70. The summed E-state index contributed by atoms with van der Waals surface area (Å²) in [7, 11) is 0. The normalized spacial score (nSPS) is 11.8. The molecule has 6 heteroatoms. The molecule has 0 heterocycles. The molecule has 1 unspecified atom stereocenters. The first kappa shape index (κ1) is 22.9. The molecule has 1 N–H and O–H groups in total. The van der Waals surface area contributed by atoms with Crippen LogP contribution in [0.1, 0.15) is 38.3 Å². The van der Waals surface area contributed by atoms with Crippen LogP contribution in [0.4, 0.5) is 0 Å². The van der Waals surface area contributed by atoms with E-state index in [-0.39, 0.29) is 24.5 Å². The van der Waals surface area contributed by atoms with Crippen molar-refractivity contribution in [3.05, 3.63) is 64.1 Å². The van der Waals surface area contributed by atoms with Crippen LogP contribution in [-0.4, -0.2) is 35.4 Å². The Morgan fingerprint density at radius 2 is 1.76 bits per heavy atom. The molecule has 1 atom stereocenters. The third kappa shape index (κ3) is 6.89. The van der Waals surface area contributed by atoms with Gasteiger partial charge in [0.1, 0.15) is 11.8 Å². The summed E-state index contributed by atoms with van der Waals surface area (Å²) in [5.74, 6) is 0.243. The van der Waals surface area contributed by atoms with Gasteiger partial charge >= 0.3 is 0 Å². The second-order valence-corrected chi connectivity index (χ2v) is 8.19. The second-order valence-electron chi connectivity index (χ2n) is 7.28. The zero-order valence-corrected chi connectivity index (χ0v) is 19.0. The molecule has 2 rings (SSSR count). The third-order valence-electron chi connectivity index (χ3n) is 4.59. The molecule has 0 saturated carbocycles. The number of rotatable bonds is 9. The maximum Gasteiger partial charge on any atom is 0.261 e. The number of carbonyl (C=O) groups is 2. The van der Waals surface area contributed by atoms with Crippen molar-refractivity contribution in [2.45, 2.75) is 52.7 Å². The molecule has 29 heavy (non-hydrogen) atoms. The van der Waals surface area contributed by atoms with Crippen molar-refractivity contribution in [3.63, 3.8) is 0 Å². The van der Waals surface area contributed by atoms with Gasteiger partial charge in [-0.1, -0.05) is 47.1 Å². The van der Waals surface area contributed by atoms with Crippen LogP contribution in [0, 0.1) is 6.92 Å². The van der Waals surface area contributed by atoms with Gasteiger partial charge in [0, 0.05) is 17.1 Å². The van der Waals surface area contributed by atoms with Crippen molar-refractivity contribution in [2.75, 3.05) is 6.61 Å². The van der Waals surface area contributed by atoms with Crippen LogP contribution in [0.2, 0.25) is 0 Å². The van der Waals surface area contributed by atoms with Gasteiger partial charge in [-0.3, -0.25) is 9.59 Å². The molecular weight excluding hydrogens is 432 g/mol. The Bertz CT molecular complexity index is 821. The Labute approximate surface area is 181 Å². The standard InChI is InChI=1S/C23H29BrN2O3/c1-5-21(23(28)25-16(2)3)26(14-18-9-7-6-8-17(18)4)22(27)15-29-20-12-10-19(24)11-13-20/h6-13,16,21H,5,14-15H2,1-4H3,(H,25,28). The van der Waals surface area contributed by atoms with Crippen molar-refractivity contribution in [3.8, 4) is 5.75 Å². The quantitative estimate of drug-likeness (QED) is 0.600. The number of ether oxygens (including phenoxy) is 1. The fraction of sp³-hybridized carbons (Fsp3) is 0.391. The minimum absolute atomic E-state index is 0.00554. The lowest BCUT2D eigenvalue weighted by Crippen LogP contribution is -2.51. The summed E-state index contributed by atoms with van der Waals surface area (Å²) >= 11 is 3.38. The first-order chi connectivity index (χ1) is 13.8. The predicted molar refractivity (Wildman–Crippen MR) is 119 cm³/mol. The SMILES string of the molecule is CCC(C(=O)NC(C)C)N(Cc1ccccc1C)C(=O)COc1ccc(Br)cc1. The van der Waals surface area contributed by atoms with Crippen molar-refractivity contribution in [1.82, 2.24) is 10.2 Å². The van der Waals surface area contributed by atoms with Gasteiger partial charge in [-0.15, -0.1) is 0 Å². The van der Waals surface area contributed by atoms with E-state index in [4.69, 9.17) is 4.74 Å². The summed E-state index contributed by atoms with van der Waals surface area (Å²) in [5, 5.41) is 2.93. The maximum absolute atomic E-state index is 13.1. The number of halogens is 1. The number of benzene rings is 2. The number of carbonyl (C=O) groups excluding carboxylic acids is 2. The highest BCUT2D eigenvalue weighted by Gasteiger charge is 2.29. The van der Waals surface area contributed by atoms with Crippen LogP contribution in [0.15, 0.2) is 53.0 Å². The van der Waals surface area contributed by atoms with Crippen LogP contribution in [-0.2, 0) is 16.1 Å². The van der Waals surface area contributed by atoms with Crippen molar-refractivity contribution in [2.24, 2.45) is 0 Å². The first-order valence-corrected chi connectivity index (χ1v) is 10.6. The lowest BCUT2D eigenvalue weighted by Gasteiger charge is -2.31. The van der Waals surface area contributed by atoms with E-state index in [9.17, 15) is 9.59 Å². The molecule has 156 valence electrons. The highest BCUT2D eigenvalue weighted by Crippen LogP contribution is 2.18. The minimum Gasteiger partial charge on any atom is -0.484 e. The zero-order chi connectivity index (χ0) is 21.4. The number of aryl methyl sites for hydroxylation is 1. The molecule has 2 aromatic rings. The number of amides is 2. The number of hydrogen-bond donors (Lipinski definition) is 1. The number of hydrogen-bond acceptors (Lipinski definition) is 3. The molecule has 0 aliphatic carbocycles. The molecule has 0 bridgehead atoms. The van der Waals surface area contributed by atoms with E-state index in [2.05, 4.69) is 21.2 Å². The summed E-state index contributed by atoms with van der Waals surface area (Å²) in [5.41, 5.74) is 2.10. The van der Waals surface area contributed by atoms with Gasteiger partial charge in [0.2, 0.25) is 5.91 Å². The molecule has 2 amide bonds. The molecule has 0 aliphatic rings. The summed E-state index contributed by atoms with van der Waals surface area (Å²) in [6.45, 7) is 7.98. The van der Waals surface area contributed by atoms with E-state index in [0.29, 0.717) is 18.7 Å².